The minimum Gasteiger partial charge on any atom is -0.465 e. The lowest BCUT2D eigenvalue weighted by Gasteiger charge is -1.96. The van der Waals surface area contributed by atoms with E-state index in [9.17, 15) is 4.79 Å². The van der Waals surface area contributed by atoms with Crippen molar-refractivity contribution in [2.24, 2.45) is 0 Å². The van der Waals surface area contributed by atoms with Gasteiger partial charge >= 0.3 is 5.97 Å². The van der Waals surface area contributed by atoms with E-state index in [0.29, 0.717) is 10.6 Å². The molecule has 1 rings (SSSR count). The average Bonchev–Trinajstić information content (AvgIpc) is 2.50. The fraction of sp³-hybridized carbons (Fsp3) is 0.444. The molecule has 0 amide bonds. The van der Waals surface area contributed by atoms with Gasteiger partial charge in [-0.3, -0.25) is 0 Å². The Balaban J connectivity index is 0.000000671. The Bertz CT molecular complexity index is 281. The van der Waals surface area contributed by atoms with E-state index in [2.05, 4.69) is 4.74 Å². The SMILES string of the molecule is CC.COC(=O)c1scc(C)c1N. The molecule has 13 heavy (non-hydrogen) atoms. The lowest BCUT2D eigenvalue weighted by Crippen LogP contribution is -2.01. The molecule has 0 atom stereocenters. The highest BCUT2D eigenvalue weighted by atomic mass is 32.1. The Kier molecular flexibility index (Phi) is 5.14. The predicted molar refractivity (Wildman–Crippen MR) is 56.2 cm³/mol. The van der Waals surface area contributed by atoms with Crippen molar-refractivity contribution in [3.8, 4) is 0 Å². The smallest absolute Gasteiger partial charge is 0.350 e. The first-order valence-corrected chi connectivity index (χ1v) is 4.96. The first kappa shape index (κ1) is 12.0. The molecule has 0 bridgehead atoms. The summed E-state index contributed by atoms with van der Waals surface area (Å²) in [6, 6.07) is 0. The largest absolute Gasteiger partial charge is 0.465 e. The highest BCUT2D eigenvalue weighted by Gasteiger charge is 2.13. The fourth-order valence-electron chi connectivity index (χ4n) is 0.704. The Labute approximate surface area is 82.5 Å². The number of hydrogen-bond donors (Lipinski definition) is 1. The van der Waals surface area contributed by atoms with Gasteiger partial charge in [0.15, 0.2) is 0 Å². The molecule has 0 aliphatic rings. The first-order chi connectivity index (χ1) is 6.16. The van der Waals surface area contributed by atoms with Crippen molar-refractivity contribution in [2.75, 3.05) is 12.8 Å². The lowest BCUT2D eigenvalue weighted by molar-refractivity contribution is 0.0607. The topological polar surface area (TPSA) is 52.3 Å². The normalized spacial score (nSPS) is 8.62. The maximum atomic E-state index is 11.0. The summed E-state index contributed by atoms with van der Waals surface area (Å²) in [6.45, 7) is 5.86. The number of anilines is 1. The van der Waals surface area contributed by atoms with Gasteiger partial charge in [0.05, 0.1) is 12.8 Å². The second-order valence-electron chi connectivity index (χ2n) is 2.15. The van der Waals surface area contributed by atoms with Crippen LogP contribution in [-0.4, -0.2) is 13.1 Å². The van der Waals surface area contributed by atoms with Crippen molar-refractivity contribution in [3.05, 3.63) is 15.8 Å². The molecule has 0 aliphatic carbocycles. The molecule has 1 aromatic heterocycles. The van der Waals surface area contributed by atoms with E-state index in [1.165, 1.54) is 18.4 Å². The molecule has 1 aromatic rings. The monoisotopic (exact) mass is 201 g/mol. The Morgan fingerprint density at radius 3 is 2.38 bits per heavy atom. The average molecular weight is 201 g/mol. The highest BCUT2D eigenvalue weighted by Crippen LogP contribution is 2.24. The van der Waals surface area contributed by atoms with Gasteiger partial charge in [-0.1, -0.05) is 13.8 Å². The fourth-order valence-corrected chi connectivity index (χ4v) is 1.59. The third kappa shape index (κ3) is 2.73. The van der Waals surface area contributed by atoms with Gasteiger partial charge in [0.25, 0.3) is 0 Å². The van der Waals surface area contributed by atoms with Crippen molar-refractivity contribution < 1.29 is 9.53 Å². The van der Waals surface area contributed by atoms with Crippen LogP contribution >= 0.6 is 11.3 Å². The molecule has 4 heteroatoms. The van der Waals surface area contributed by atoms with Crippen LogP contribution in [0.5, 0.6) is 0 Å². The number of thiophene rings is 1. The van der Waals surface area contributed by atoms with Crippen molar-refractivity contribution >= 4 is 23.0 Å². The van der Waals surface area contributed by atoms with Gasteiger partial charge in [-0.15, -0.1) is 11.3 Å². The van der Waals surface area contributed by atoms with Crippen LogP contribution < -0.4 is 5.73 Å². The van der Waals surface area contributed by atoms with E-state index in [4.69, 9.17) is 5.73 Å². The van der Waals surface area contributed by atoms with Crippen LogP contribution in [0.25, 0.3) is 0 Å². The van der Waals surface area contributed by atoms with Crippen LogP contribution in [0.4, 0.5) is 5.69 Å². The summed E-state index contributed by atoms with van der Waals surface area (Å²) in [5.74, 6) is -0.361. The Hall–Kier alpha value is -1.03. The standard InChI is InChI=1S/C7H9NO2S.C2H6/c1-4-3-11-6(5(4)8)7(9)10-2;1-2/h3H,8H2,1-2H3;1-2H3. The number of ether oxygens (including phenoxy) is 1. The van der Waals surface area contributed by atoms with Gasteiger partial charge < -0.3 is 10.5 Å². The van der Waals surface area contributed by atoms with Crippen molar-refractivity contribution in [1.82, 2.24) is 0 Å². The molecule has 0 unspecified atom stereocenters. The van der Waals surface area contributed by atoms with Gasteiger partial charge in [0.1, 0.15) is 4.88 Å². The molecule has 0 saturated heterocycles. The summed E-state index contributed by atoms with van der Waals surface area (Å²) in [7, 11) is 1.34. The molecule has 0 aromatic carbocycles. The van der Waals surface area contributed by atoms with Gasteiger partial charge in [-0.05, 0) is 17.9 Å². The third-order valence-electron chi connectivity index (χ3n) is 1.39. The summed E-state index contributed by atoms with van der Waals surface area (Å²) >= 11 is 1.31. The van der Waals surface area contributed by atoms with E-state index < -0.39 is 0 Å². The number of carbonyl (C=O) groups excluding carboxylic acids is 1. The van der Waals surface area contributed by atoms with Crippen LogP contribution in [0.2, 0.25) is 0 Å². The van der Waals surface area contributed by atoms with Crippen LogP contribution in [0.1, 0.15) is 29.1 Å². The maximum Gasteiger partial charge on any atom is 0.350 e. The molecule has 0 saturated carbocycles. The van der Waals surface area contributed by atoms with E-state index in [1.807, 2.05) is 26.2 Å². The zero-order valence-electron chi connectivity index (χ0n) is 8.38. The van der Waals surface area contributed by atoms with Gasteiger partial charge in [-0.2, -0.15) is 0 Å². The van der Waals surface area contributed by atoms with Gasteiger partial charge in [0, 0.05) is 0 Å². The molecule has 0 aliphatic heterocycles. The molecule has 2 N–H and O–H groups in total. The number of hydrogen-bond acceptors (Lipinski definition) is 4. The van der Waals surface area contributed by atoms with Crippen LogP contribution in [0.15, 0.2) is 5.38 Å². The minimum atomic E-state index is -0.361. The van der Waals surface area contributed by atoms with E-state index in [-0.39, 0.29) is 5.97 Å². The summed E-state index contributed by atoms with van der Waals surface area (Å²) in [5.41, 5.74) is 7.04. The van der Waals surface area contributed by atoms with Crippen LogP contribution in [0, 0.1) is 6.92 Å². The van der Waals surface area contributed by atoms with Crippen molar-refractivity contribution in [3.63, 3.8) is 0 Å². The molecular weight excluding hydrogens is 186 g/mol. The van der Waals surface area contributed by atoms with Crippen LogP contribution in [-0.2, 0) is 4.74 Å². The summed E-state index contributed by atoms with van der Waals surface area (Å²) in [5, 5.41) is 1.83. The van der Waals surface area contributed by atoms with E-state index >= 15 is 0 Å². The lowest BCUT2D eigenvalue weighted by atomic mass is 10.3. The summed E-state index contributed by atoms with van der Waals surface area (Å²) in [4.78, 5) is 11.4. The third-order valence-corrected chi connectivity index (χ3v) is 2.49. The number of carbonyl (C=O) groups is 1. The minimum absolute atomic E-state index is 0.361. The second-order valence-corrected chi connectivity index (χ2v) is 3.03. The number of nitrogen functional groups attached to an aromatic ring is 1. The zero-order chi connectivity index (χ0) is 10.4. The summed E-state index contributed by atoms with van der Waals surface area (Å²) < 4.78 is 4.52. The molecule has 3 nitrogen and oxygen atoms in total. The molecule has 1 heterocycles. The number of nitrogens with two attached hydrogens (primary N) is 1. The molecule has 0 spiro atoms. The van der Waals surface area contributed by atoms with E-state index in [1.54, 1.807) is 0 Å². The molecule has 0 fully saturated rings. The summed E-state index contributed by atoms with van der Waals surface area (Å²) in [6.07, 6.45) is 0. The highest BCUT2D eigenvalue weighted by molar-refractivity contribution is 7.12. The zero-order valence-corrected chi connectivity index (χ0v) is 9.20. The number of esters is 1. The molecule has 0 radical (unpaired) electrons. The number of rotatable bonds is 1. The number of aryl methyl sites for hydroxylation is 1. The predicted octanol–water partition coefficient (Wildman–Crippen LogP) is 2.45. The van der Waals surface area contributed by atoms with Crippen molar-refractivity contribution in [1.29, 1.82) is 0 Å². The van der Waals surface area contributed by atoms with Crippen LogP contribution in [0.3, 0.4) is 0 Å². The quantitative estimate of drug-likeness (QED) is 0.710. The molecule has 74 valence electrons. The van der Waals surface area contributed by atoms with Crippen molar-refractivity contribution in [2.45, 2.75) is 20.8 Å². The van der Waals surface area contributed by atoms with Gasteiger partial charge in [0.2, 0.25) is 0 Å². The van der Waals surface area contributed by atoms with Gasteiger partial charge in [-0.25, -0.2) is 4.79 Å². The van der Waals surface area contributed by atoms with E-state index in [0.717, 1.165) is 5.56 Å². The first-order valence-electron chi connectivity index (χ1n) is 4.08. The Morgan fingerprint density at radius 1 is 1.54 bits per heavy atom. The maximum absolute atomic E-state index is 11.0. The molecular formula is C9H15NO2S. The number of methoxy groups -OCH3 is 1. The Morgan fingerprint density at radius 2 is 2.08 bits per heavy atom. The second kappa shape index (κ2) is 5.59.